The van der Waals surface area contributed by atoms with Gasteiger partial charge in [-0.3, -0.25) is 10.1 Å². The second kappa shape index (κ2) is 4.97. The molecule has 2 unspecified atom stereocenters. The summed E-state index contributed by atoms with van der Waals surface area (Å²) in [5.41, 5.74) is 0.395. The van der Waals surface area contributed by atoms with Gasteiger partial charge in [-0.1, -0.05) is 33.6 Å². The largest absolute Gasteiger partial charge is 0.325 e. The molecule has 0 bridgehead atoms. The molecule has 98 valence electrons. The molecule has 0 aromatic heterocycles. The molecule has 0 radical (unpaired) electrons. The Bertz CT molecular complexity index is 286. The topological polar surface area (TPSA) is 32.3 Å². The predicted molar refractivity (Wildman–Crippen MR) is 69.6 cm³/mol. The van der Waals surface area contributed by atoms with Gasteiger partial charge in [0.1, 0.15) is 0 Å². The van der Waals surface area contributed by atoms with Gasteiger partial charge >= 0.3 is 0 Å². The molecule has 0 spiro atoms. The van der Waals surface area contributed by atoms with Crippen molar-refractivity contribution in [2.75, 3.05) is 6.54 Å². The standard InChI is InChI=1S/C14H26N2O/c1-4-7-11-13(17)16(12(5-2)15-11)10-14(3)8-6-9-14/h11-12,15H,4-10H2,1-3H3. The van der Waals surface area contributed by atoms with Gasteiger partial charge in [-0.25, -0.2) is 0 Å². The van der Waals surface area contributed by atoms with Crippen molar-refractivity contribution in [1.29, 1.82) is 0 Å². The molecule has 2 aliphatic rings. The van der Waals surface area contributed by atoms with Crippen molar-refractivity contribution < 1.29 is 4.79 Å². The Balaban J connectivity index is 2.00. The van der Waals surface area contributed by atoms with Crippen molar-refractivity contribution in [2.45, 2.75) is 71.5 Å². The summed E-state index contributed by atoms with van der Waals surface area (Å²) in [6.07, 6.45) is 7.24. The molecule has 0 aromatic rings. The van der Waals surface area contributed by atoms with Crippen molar-refractivity contribution in [3.63, 3.8) is 0 Å². The first-order chi connectivity index (χ1) is 8.09. The third-order valence-corrected chi connectivity index (χ3v) is 4.43. The van der Waals surface area contributed by atoms with E-state index in [2.05, 4.69) is 31.0 Å². The Morgan fingerprint density at radius 3 is 2.59 bits per heavy atom. The van der Waals surface area contributed by atoms with E-state index in [1.165, 1.54) is 19.3 Å². The second-order valence-electron chi connectivity index (χ2n) is 6.06. The van der Waals surface area contributed by atoms with Crippen LogP contribution in [0.2, 0.25) is 0 Å². The maximum atomic E-state index is 12.3. The monoisotopic (exact) mass is 238 g/mol. The minimum atomic E-state index is 0.0774. The molecule has 2 rings (SSSR count). The van der Waals surface area contributed by atoms with E-state index in [0.717, 1.165) is 25.8 Å². The second-order valence-corrected chi connectivity index (χ2v) is 6.06. The predicted octanol–water partition coefficient (Wildman–Crippen LogP) is 2.51. The number of hydrogen-bond donors (Lipinski definition) is 1. The van der Waals surface area contributed by atoms with E-state index in [-0.39, 0.29) is 12.2 Å². The minimum absolute atomic E-state index is 0.0774. The summed E-state index contributed by atoms with van der Waals surface area (Å²) in [5.74, 6) is 0.340. The molecule has 1 N–H and O–H groups in total. The van der Waals surface area contributed by atoms with Crippen LogP contribution in [0.4, 0.5) is 0 Å². The first-order valence-corrected chi connectivity index (χ1v) is 7.16. The summed E-state index contributed by atoms with van der Waals surface area (Å²) in [6.45, 7) is 7.59. The zero-order valence-electron chi connectivity index (χ0n) is 11.5. The van der Waals surface area contributed by atoms with E-state index in [1.807, 2.05) is 0 Å². The Morgan fingerprint density at radius 2 is 2.12 bits per heavy atom. The number of rotatable bonds is 5. The number of hydrogen-bond acceptors (Lipinski definition) is 2. The number of carbonyl (C=O) groups is 1. The lowest BCUT2D eigenvalue weighted by atomic mass is 9.70. The fourth-order valence-corrected chi connectivity index (χ4v) is 3.12. The summed E-state index contributed by atoms with van der Waals surface area (Å²) in [6, 6.07) is 0.0774. The van der Waals surface area contributed by atoms with Crippen LogP contribution in [-0.4, -0.2) is 29.6 Å². The first kappa shape index (κ1) is 12.9. The highest BCUT2D eigenvalue weighted by Crippen LogP contribution is 2.41. The molecule has 2 fully saturated rings. The molecular formula is C14H26N2O. The van der Waals surface area contributed by atoms with E-state index in [4.69, 9.17) is 0 Å². The van der Waals surface area contributed by atoms with Gasteiger partial charge < -0.3 is 4.90 Å². The van der Waals surface area contributed by atoms with Gasteiger partial charge in [0.25, 0.3) is 0 Å². The van der Waals surface area contributed by atoms with E-state index < -0.39 is 0 Å². The molecule has 1 aliphatic heterocycles. The van der Waals surface area contributed by atoms with Gasteiger partial charge in [0.05, 0.1) is 12.2 Å². The van der Waals surface area contributed by atoms with Crippen LogP contribution >= 0.6 is 0 Å². The Hall–Kier alpha value is -0.570. The van der Waals surface area contributed by atoms with Crippen molar-refractivity contribution in [3.05, 3.63) is 0 Å². The maximum absolute atomic E-state index is 12.3. The van der Waals surface area contributed by atoms with Crippen LogP contribution in [0, 0.1) is 5.41 Å². The summed E-state index contributed by atoms with van der Waals surface area (Å²) in [4.78, 5) is 14.5. The summed E-state index contributed by atoms with van der Waals surface area (Å²) in [7, 11) is 0. The molecule has 0 aromatic carbocycles. The maximum Gasteiger partial charge on any atom is 0.241 e. The molecule has 3 nitrogen and oxygen atoms in total. The fraction of sp³-hybridized carbons (Fsp3) is 0.929. The molecule has 1 saturated carbocycles. The SMILES string of the molecule is CCCC1NC(CC)N(CC2(C)CCC2)C1=O. The van der Waals surface area contributed by atoms with Crippen LogP contribution in [0.1, 0.15) is 59.3 Å². The fourth-order valence-electron chi connectivity index (χ4n) is 3.12. The van der Waals surface area contributed by atoms with Gasteiger partial charge in [-0.2, -0.15) is 0 Å². The number of nitrogens with zero attached hydrogens (tertiary/aromatic N) is 1. The highest BCUT2D eigenvalue weighted by molar-refractivity contribution is 5.84. The van der Waals surface area contributed by atoms with Gasteiger partial charge in [0, 0.05) is 6.54 Å². The van der Waals surface area contributed by atoms with E-state index in [9.17, 15) is 4.79 Å². The van der Waals surface area contributed by atoms with Crippen LogP contribution in [0.25, 0.3) is 0 Å². The Labute approximate surface area is 105 Å². The lowest BCUT2D eigenvalue weighted by Crippen LogP contribution is -2.46. The summed E-state index contributed by atoms with van der Waals surface area (Å²) < 4.78 is 0. The van der Waals surface area contributed by atoms with Crippen molar-refractivity contribution in [1.82, 2.24) is 10.2 Å². The van der Waals surface area contributed by atoms with Gasteiger partial charge in [0.2, 0.25) is 5.91 Å². The van der Waals surface area contributed by atoms with Crippen LogP contribution < -0.4 is 5.32 Å². The smallest absolute Gasteiger partial charge is 0.241 e. The van der Waals surface area contributed by atoms with Gasteiger partial charge in [-0.05, 0) is 31.1 Å². The zero-order valence-corrected chi connectivity index (χ0v) is 11.5. The summed E-state index contributed by atoms with van der Waals surface area (Å²) >= 11 is 0. The highest BCUT2D eigenvalue weighted by Gasteiger charge is 2.42. The Kier molecular flexibility index (Phi) is 3.76. The molecule has 1 aliphatic carbocycles. The highest BCUT2D eigenvalue weighted by atomic mass is 16.2. The first-order valence-electron chi connectivity index (χ1n) is 7.16. The molecule has 2 atom stereocenters. The van der Waals surface area contributed by atoms with Crippen molar-refractivity contribution in [3.8, 4) is 0 Å². The average molecular weight is 238 g/mol. The van der Waals surface area contributed by atoms with Gasteiger partial charge in [-0.15, -0.1) is 0 Å². The van der Waals surface area contributed by atoms with E-state index in [1.54, 1.807) is 0 Å². The number of carbonyl (C=O) groups excluding carboxylic acids is 1. The molecule has 3 heteroatoms. The quantitative estimate of drug-likeness (QED) is 0.798. The normalized spacial score (nSPS) is 31.7. The van der Waals surface area contributed by atoms with Crippen LogP contribution in [-0.2, 0) is 4.79 Å². The molecular weight excluding hydrogens is 212 g/mol. The third-order valence-electron chi connectivity index (χ3n) is 4.43. The van der Waals surface area contributed by atoms with Crippen LogP contribution in [0.5, 0.6) is 0 Å². The molecule has 1 heterocycles. The van der Waals surface area contributed by atoms with E-state index >= 15 is 0 Å². The number of amides is 1. The van der Waals surface area contributed by atoms with Crippen molar-refractivity contribution in [2.24, 2.45) is 5.41 Å². The third kappa shape index (κ3) is 2.49. The Morgan fingerprint density at radius 1 is 1.41 bits per heavy atom. The zero-order chi connectivity index (χ0) is 12.5. The molecule has 17 heavy (non-hydrogen) atoms. The number of nitrogens with one attached hydrogen (secondary N) is 1. The van der Waals surface area contributed by atoms with Gasteiger partial charge in [0.15, 0.2) is 0 Å². The lowest BCUT2D eigenvalue weighted by Gasteiger charge is -2.42. The van der Waals surface area contributed by atoms with E-state index in [0.29, 0.717) is 11.3 Å². The average Bonchev–Trinajstić information content (AvgIpc) is 2.56. The minimum Gasteiger partial charge on any atom is -0.325 e. The van der Waals surface area contributed by atoms with Crippen molar-refractivity contribution >= 4 is 5.91 Å². The molecule has 1 amide bonds. The van der Waals surface area contributed by atoms with Crippen LogP contribution in [0.3, 0.4) is 0 Å². The molecule has 1 saturated heterocycles. The van der Waals surface area contributed by atoms with Crippen LogP contribution in [0.15, 0.2) is 0 Å². The summed E-state index contributed by atoms with van der Waals surface area (Å²) in [5, 5.41) is 3.49. The lowest BCUT2D eigenvalue weighted by molar-refractivity contribution is -0.132.